The van der Waals surface area contributed by atoms with Gasteiger partial charge in [-0.1, -0.05) is 51.4 Å². The van der Waals surface area contributed by atoms with Gasteiger partial charge in [-0.05, 0) is 31.7 Å². The molecule has 2 rings (SSSR count). The van der Waals surface area contributed by atoms with Crippen LogP contribution in [0.15, 0.2) is 0 Å². The molecule has 0 bridgehead atoms. The zero-order chi connectivity index (χ0) is 13.3. The van der Waals surface area contributed by atoms with Crippen LogP contribution in [-0.2, 0) is 4.79 Å². The van der Waals surface area contributed by atoms with Crippen LogP contribution in [0.25, 0.3) is 0 Å². The minimum atomic E-state index is 0.193. The lowest BCUT2D eigenvalue weighted by Crippen LogP contribution is -2.40. The van der Waals surface area contributed by atoms with E-state index in [1.165, 1.54) is 70.6 Å². The first-order valence-corrected chi connectivity index (χ1v) is 8.34. The van der Waals surface area contributed by atoms with Crippen molar-refractivity contribution in [3.8, 4) is 0 Å². The maximum Gasteiger partial charge on any atom is 0.234 e. The quantitative estimate of drug-likeness (QED) is 0.573. The van der Waals surface area contributed by atoms with E-state index < -0.39 is 0 Å². The van der Waals surface area contributed by atoms with Gasteiger partial charge in [0.1, 0.15) is 0 Å². The Bertz CT molecular complexity index is 253. The molecule has 1 amide bonds. The van der Waals surface area contributed by atoms with Gasteiger partial charge in [-0.15, -0.1) is 0 Å². The van der Waals surface area contributed by atoms with E-state index in [9.17, 15) is 4.79 Å². The van der Waals surface area contributed by atoms with E-state index in [1.807, 2.05) is 0 Å². The van der Waals surface area contributed by atoms with Crippen LogP contribution in [0.4, 0.5) is 0 Å². The summed E-state index contributed by atoms with van der Waals surface area (Å²) in [5, 5.41) is 6.49. The molecular formula is C16H30N2O. The molecule has 2 saturated carbocycles. The zero-order valence-electron chi connectivity index (χ0n) is 12.3. The lowest BCUT2D eigenvalue weighted by molar-refractivity contribution is -0.121. The predicted molar refractivity (Wildman–Crippen MR) is 79.1 cm³/mol. The molecule has 3 heteroatoms. The van der Waals surface area contributed by atoms with Crippen molar-refractivity contribution in [2.75, 3.05) is 13.1 Å². The molecule has 0 aliphatic heterocycles. The van der Waals surface area contributed by atoms with Crippen LogP contribution in [0, 0.1) is 5.92 Å². The molecule has 2 aliphatic carbocycles. The Morgan fingerprint density at radius 1 is 0.895 bits per heavy atom. The van der Waals surface area contributed by atoms with E-state index in [-0.39, 0.29) is 5.91 Å². The van der Waals surface area contributed by atoms with Crippen LogP contribution < -0.4 is 10.6 Å². The second-order valence-electron chi connectivity index (χ2n) is 6.37. The molecule has 0 aromatic carbocycles. The number of nitrogens with one attached hydrogen (secondary N) is 2. The van der Waals surface area contributed by atoms with Crippen LogP contribution in [0.1, 0.15) is 70.6 Å². The van der Waals surface area contributed by atoms with Crippen molar-refractivity contribution in [3.05, 3.63) is 0 Å². The summed E-state index contributed by atoms with van der Waals surface area (Å²) in [6, 6.07) is 0.437. The van der Waals surface area contributed by atoms with E-state index in [0.717, 1.165) is 12.5 Å². The van der Waals surface area contributed by atoms with Gasteiger partial charge in [-0.25, -0.2) is 0 Å². The minimum Gasteiger partial charge on any atom is -0.352 e. The summed E-state index contributed by atoms with van der Waals surface area (Å²) >= 11 is 0. The van der Waals surface area contributed by atoms with Crippen molar-refractivity contribution in [1.29, 1.82) is 0 Å². The van der Waals surface area contributed by atoms with Crippen LogP contribution in [-0.4, -0.2) is 25.0 Å². The Hall–Kier alpha value is -0.570. The van der Waals surface area contributed by atoms with Gasteiger partial charge >= 0.3 is 0 Å². The maximum absolute atomic E-state index is 11.8. The van der Waals surface area contributed by atoms with Crippen molar-refractivity contribution in [2.45, 2.75) is 76.7 Å². The number of carbonyl (C=O) groups is 1. The Balaban J connectivity index is 1.51. The van der Waals surface area contributed by atoms with Crippen LogP contribution >= 0.6 is 0 Å². The number of amides is 1. The first-order valence-electron chi connectivity index (χ1n) is 8.34. The Morgan fingerprint density at radius 3 is 2.21 bits per heavy atom. The predicted octanol–water partition coefficient (Wildman–Crippen LogP) is 3.00. The van der Waals surface area contributed by atoms with Gasteiger partial charge in [-0.2, -0.15) is 0 Å². The highest BCUT2D eigenvalue weighted by Gasteiger charge is 2.16. The molecule has 3 nitrogen and oxygen atoms in total. The van der Waals surface area contributed by atoms with Crippen molar-refractivity contribution in [2.24, 2.45) is 5.92 Å². The van der Waals surface area contributed by atoms with Gasteiger partial charge in [-0.3, -0.25) is 4.79 Å². The molecule has 0 aromatic rings. The second-order valence-corrected chi connectivity index (χ2v) is 6.37. The van der Waals surface area contributed by atoms with E-state index in [1.54, 1.807) is 0 Å². The summed E-state index contributed by atoms with van der Waals surface area (Å²) in [5.41, 5.74) is 0. The summed E-state index contributed by atoms with van der Waals surface area (Å²) < 4.78 is 0. The van der Waals surface area contributed by atoms with Gasteiger partial charge in [0.25, 0.3) is 0 Å². The third kappa shape index (κ3) is 5.94. The zero-order valence-corrected chi connectivity index (χ0v) is 12.3. The van der Waals surface area contributed by atoms with Gasteiger partial charge in [0.2, 0.25) is 5.91 Å². The summed E-state index contributed by atoms with van der Waals surface area (Å²) in [6.45, 7) is 1.51. The largest absolute Gasteiger partial charge is 0.352 e. The molecular weight excluding hydrogens is 236 g/mol. The molecule has 0 spiro atoms. The van der Waals surface area contributed by atoms with Crippen molar-refractivity contribution in [1.82, 2.24) is 10.6 Å². The van der Waals surface area contributed by atoms with Crippen LogP contribution in [0.2, 0.25) is 0 Å². The van der Waals surface area contributed by atoms with E-state index >= 15 is 0 Å². The summed E-state index contributed by atoms with van der Waals surface area (Å²) in [5.74, 6) is 1.11. The highest BCUT2D eigenvalue weighted by atomic mass is 16.1. The number of carbonyl (C=O) groups excluding carboxylic acids is 1. The first-order chi connectivity index (χ1) is 9.34. The molecule has 0 saturated heterocycles. The molecule has 0 atom stereocenters. The SMILES string of the molecule is O=C(CNCCC1CCCC1)NC1CCCCCC1. The third-order valence-electron chi connectivity index (χ3n) is 4.71. The molecule has 2 N–H and O–H groups in total. The molecule has 2 aliphatic rings. The fraction of sp³-hybridized carbons (Fsp3) is 0.938. The Labute approximate surface area is 117 Å². The van der Waals surface area contributed by atoms with Crippen LogP contribution in [0.5, 0.6) is 0 Å². The monoisotopic (exact) mass is 266 g/mol. The lowest BCUT2D eigenvalue weighted by atomic mass is 10.0. The molecule has 0 heterocycles. The number of rotatable bonds is 6. The second kappa shape index (κ2) is 8.57. The van der Waals surface area contributed by atoms with Gasteiger partial charge in [0, 0.05) is 6.04 Å². The van der Waals surface area contributed by atoms with Crippen molar-refractivity contribution < 1.29 is 4.79 Å². The molecule has 0 unspecified atom stereocenters. The first kappa shape index (κ1) is 14.8. The standard InChI is InChI=1S/C16H30N2O/c19-16(18-15-9-3-1-2-4-10-15)13-17-12-11-14-7-5-6-8-14/h14-15,17H,1-13H2,(H,18,19). The fourth-order valence-electron chi connectivity index (χ4n) is 3.51. The summed E-state index contributed by atoms with van der Waals surface area (Å²) in [7, 11) is 0. The number of hydrogen-bond acceptors (Lipinski definition) is 2. The maximum atomic E-state index is 11.8. The van der Waals surface area contributed by atoms with Gasteiger partial charge < -0.3 is 10.6 Å². The smallest absolute Gasteiger partial charge is 0.234 e. The average Bonchev–Trinajstić information content (AvgIpc) is 2.79. The van der Waals surface area contributed by atoms with E-state index in [4.69, 9.17) is 0 Å². The molecule has 110 valence electrons. The third-order valence-corrected chi connectivity index (χ3v) is 4.71. The summed E-state index contributed by atoms with van der Waals surface area (Å²) in [6.07, 6.45) is 14.4. The molecule has 19 heavy (non-hydrogen) atoms. The van der Waals surface area contributed by atoms with E-state index in [2.05, 4.69) is 10.6 Å². The lowest BCUT2D eigenvalue weighted by Gasteiger charge is -2.16. The molecule has 2 fully saturated rings. The molecule has 0 radical (unpaired) electrons. The molecule has 0 aromatic heterocycles. The Morgan fingerprint density at radius 2 is 1.53 bits per heavy atom. The van der Waals surface area contributed by atoms with Crippen molar-refractivity contribution in [3.63, 3.8) is 0 Å². The van der Waals surface area contributed by atoms with Crippen LogP contribution in [0.3, 0.4) is 0 Å². The normalized spacial score (nSPS) is 22.3. The fourth-order valence-corrected chi connectivity index (χ4v) is 3.51. The highest BCUT2D eigenvalue weighted by Crippen LogP contribution is 2.26. The highest BCUT2D eigenvalue weighted by molar-refractivity contribution is 5.78. The minimum absolute atomic E-state index is 0.193. The Kier molecular flexibility index (Phi) is 6.69. The van der Waals surface area contributed by atoms with Crippen molar-refractivity contribution >= 4 is 5.91 Å². The van der Waals surface area contributed by atoms with E-state index in [0.29, 0.717) is 12.6 Å². The topological polar surface area (TPSA) is 41.1 Å². The average molecular weight is 266 g/mol. The van der Waals surface area contributed by atoms with Gasteiger partial charge in [0.05, 0.1) is 6.54 Å². The van der Waals surface area contributed by atoms with Gasteiger partial charge in [0.15, 0.2) is 0 Å². The summed E-state index contributed by atoms with van der Waals surface area (Å²) in [4.78, 5) is 11.8. The number of hydrogen-bond donors (Lipinski definition) is 2.